The fraction of sp³-hybridized carbons (Fsp3) is 0.548. The van der Waals surface area contributed by atoms with Crippen molar-refractivity contribution in [3.8, 4) is 6.01 Å². The molecule has 1 aromatic carbocycles. The van der Waals surface area contributed by atoms with Crippen LogP contribution in [-0.2, 0) is 11.3 Å². The number of fused-ring (bicyclic) bond motifs is 1. The van der Waals surface area contributed by atoms with E-state index < -0.39 is 0 Å². The van der Waals surface area contributed by atoms with Crippen molar-refractivity contribution < 1.29 is 9.53 Å². The van der Waals surface area contributed by atoms with E-state index in [0.717, 1.165) is 68.0 Å². The number of carbonyl (C=O) groups excluding carboxylic acids is 1. The summed E-state index contributed by atoms with van der Waals surface area (Å²) in [5.74, 6) is 0.971. The molecular weight excluding hydrogens is 530 g/mol. The maximum atomic E-state index is 12.6. The molecule has 5 rings (SSSR count). The number of hydrogen-bond donors (Lipinski definition) is 1. The molecule has 2 aliphatic rings. The number of hydrogen-bond acceptors (Lipinski definition) is 9. The number of aromatic nitrogens is 4. The van der Waals surface area contributed by atoms with Crippen molar-refractivity contribution in [2.45, 2.75) is 45.3 Å². The van der Waals surface area contributed by atoms with Crippen LogP contribution in [0, 0.1) is 0 Å². The number of piperidine rings is 1. The largest absolute Gasteiger partial charge is 0.460 e. The predicted molar refractivity (Wildman–Crippen MR) is 166 cm³/mol. The molecule has 0 radical (unpaired) electrons. The topological polar surface area (TPSA) is 94.4 Å². The van der Waals surface area contributed by atoms with Gasteiger partial charge in [-0.2, -0.15) is 19.6 Å². The molecule has 2 saturated heterocycles. The number of rotatable bonds is 10. The van der Waals surface area contributed by atoms with Crippen LogP contribution in [-0.4, -0.2) is 113 Å². The normalized spacial score (nSPS) is 17.2. The molecule has 226 valence electrons. The molecular formula is C31H45N9O2. The van der Waals surface area contributed by atoms with E-state index in [4.69, 9.17) is 14.7 Å². The molecule has 4 heterocycles. The second-order valence-electron chi connectivity index (χ2n) is 11.9. The number of likely N-dealkylation sites (N-methyl/N-ethyl adjacent to an activating group) is 1. The summed E-state index contributed by atoms with van der Waals surface area (Å²) in [7, 11) is 6.13. The molecule has 1 N–H and O–H groups in total. The van der Waals surface area contributed by atoms with Crippen LogP contribution >= 0.6 is 0 Å². The van der Waals surface area contributed by atoms with Crippen LogP contribution in [0.1, 0.15) is 43.7 Å². The first-order valence-corrected chi connectivity index (χ1v) is 15.1. The van der Waals surface area contributed by atoms with Gasteiger partial charge in [-0.1, -0.05) is 38.1 Å². The summed E-state index contributed by atoms with van der Waals surface area (Å²) in [6.07, 6.45) is 7.53. The summed E-state index contributed by atoms with van der Waals surface area (Å²) in [6, 6.07) is 8.82. The number of piperazine rings is 1. The molecule has 42 heavy (non-hydrogen) atoms. The van der Waals surface area contributed by atoms with Crippen molar-refractivity contribution in [3.05, 3.63) is 53.7 Å². The minimum atomic E-state index is 0.0810. The highest BCUT2D eigenvalue weighted by Crippen LogP contribution is 2.26. The maximum Gasteiger partial charge on any atom is 0.322 e. The minimum Gasteiger partial charge on any atom is -0.460 e. The number of carbonyl (C=O) groups is 1. The fourth-order valence-corrected chi connectivity index (χ4v) is 5.48. The zero-order valence-electron chi connectivity index (χ0n) is 25.7. The van der Waals surface area contributed by atoms with E-state index in [9.17, 15) is 4.79 Å². The third kappa shape index (κ3) is 7.19. The van der Waals surface area contributed by atoms with Gasteiger partial charge in [-0.25, -0.2) is 0 Å². The van der Waals surface area contributed by atoms with Gasteiger partial charge < -0.3 is 29.7 Å². The van der Waals surface area contributed by atoms with Crippen molar-refractivity contribution in [2.24, 2.45) is 0 Å². The molecule has 3 aromatic rings. The smallest absolute Gasteiger partial charge is 0.322 e. The lowest BCUT2D eigenvalue weighted by molar-refractivity contribution is -0.126. The van der Waals surface area contributed by atoms with Crippen molar-refractivity contribution >= 4 is 23.2 Å². The standard InChI is InChI=1S/C31H45N9O2/c1-23(2)26-22-33-40-29(26)34-31(42-25-12-15-37(5)16-13-25)35-30(40)32-21-24-9-6-7-10-27(24)38-17-19-39(20-18-38)28(41)11-8-14-36(3)4/h6-11,22-23,25H,12-21H2,1-5H3,(H,32,34,35). The van der Waals surface area contributed by atoms with E-state index in [2.05, 4.69) is 65.4 Å². The molecule has 2 aliphatic heterocycles. The number of amides is 1. The van der Waals surface area contributed by atoms with Gasteiger partial charge in [0.2, 0.25) is 11.9 Å². The molecule has 0 aliphatic carbocycles. The molecule has 11 nitrogen and oxygen atoms in total. The highest BCUT2D eigenvalue weighted by molar-refractivity contribution is 5.87. The van der Waals surface area contributed by atoms with Gasteiger partial charge in [-0.15, -0.1) is 0 Å². The number of likely N-dealkylation sites (tertiary alicyclic amines) is 1. The van der Waals surface area contributed by atoms with Crippen molar-refractivity contribution in [3.63, 3.8) is 0 Å². The number of nitrogens with zero attached hydrogens (tertiary/aromatic N) is 8. The van der Waals surface area contributed by atoms with Gasteiger partial charge in [-0.05, 0) is 51.5 Å². The Labute approximate surface area is 249 Å². The van der Waals surface area contributed by atoms with Crippen LogP contribution in [0.5, 0.6) is 6.01 Å². The first kappa shape index (κ1) is 29.8. The second kappa shape index (κ2) is 13.5. The van der Waals surface area contributed by atoms with Crippen LogP contribution in [0.2, 0.25) is 0 Å². The summed E-state index contributed by atoms with van der Waals surface area (Å²) < 4.78 is 8.10. The zero-order valence-corrected chi connectivity index (χ0v) is 25.7. The van der Waals surface area contributed by atoms with Crippen molar-refractivity contribution in [1.82, 2.24) is 34.3 Å². The molecule has 11 heteroatoms. The highest BCUT2D eigenvalue weighted by Gasteiger charge is 2.23. The Hall–Kier alpha value is -3.70. The molecule has 0 bridgehead atoms. The quantitative estimate of drug-likeness (QED) is 0.366. The van der Waals surface area contributed by atoms with Gasteiger partial charge in [0.25, 0.3) is 0 Å². The van der Waals surface area contributed by atoms with Gasteiger partial charge in [0, 0.05) is 69.7 Å². The summed E-state index contributed by atoms with van der Waals surface area (Å²) >= 11 is 0. The lowest BCUT2D eigenvalue weighted by Crippen LogP contribution is -2.48. The van der Waals surface area contributed by atoms with E-state index in [1.165, 1.54) is 0 Å². The first-order chi connectivity index (χ1) is 20.3. The maximum absolute atomic E-state index is 12.6. The SMILES string of the molecule is CC(C)c1cnn2c(NCc3ccccc3N3CCN(C(=O)C=CCN(C)C)CC3)nc(OC3CCN(C)CC3)nc12. The average molecular weight is 576 g/mol. The van der Waals surface area contributed by atoms with Crippen LogP contribution in [0.25, 0.3) is 5.65 Å². The predicted octanol–water partition coefficient (Wildman–Crippen LogP) is 3.10. The summed E-state index contributed by atoms with van der Waals surface area (Å²) in [4.78, 5) is 30.9. The van der Waals surface area contributed by atoms with Crippen molar-refractivity contribution in [2.75, 3.05) is 77.2 Å². The fourth-order valence-electron chi connectivity index (χ4n) is 5.48. The Kier molecular flexibility index (Phi) is 9.58. The molecule has 2 fully saturated rings. The second-order valence-corrected chi connectivity index (χ2v) is 11.9. The van der Waals surface area contributed by atoms with E-state index in [1.807, 2.05) is 36.2 Å². The number of nitrogens with one attached hydrogen (secondary N) is 1. The zero-order chi connectivity index (χ0) is 29.6. The number of benzene rings is 1. The van der Waals surface area contributed by atoms with Gasteiger partial charge >= 0.3 is 6.01 Å². The Morgan fingerprint density at radius 2 is 1.83 bits per heavy atom. The molecule has 2 aromatic heterocycles. The van der Waals surface area contributed by atoms with Crippen LogP contribution in [0.15, 0.2) is 42.6 Å². The molecule has 0 spiro atoms. The Morgan fingerprint density at radius 3 is 2.55 bits per heavy atom. The van der Waals surface area contributed by atoms with Crippen LogP contribution < -0.4 is 15.0 Å². The molecule has 0 unspecified atom stereocenters. The summed E-state index contributed by atoms with van der Waals surface area (Å²) in [5, 5.41) is 8.17. The van der Waals surface area contributed by atoms with Crippen molar-refractivity contribution in [1.29, 1.82) is 0 Å². The third-order valence-corrected chi connectivity index (χ3v) is 8.03. The monoisotopic (exact) mass is 575 g/mol. The Balaban J connectivity index is 1.29. The number of para-hydroxylation sites is 1. The van der Waals surface area contributed by atoms with E-state index >= 15 is 0 Å². The van der Waals surface area contributed by atoms with Gasteiger partial charge in [-0.3, -0.25) is 4.79 Å². The third-order valence-electron chi connectivity index (χ3n) is 8.03. The lowest BCUT2D eigenvalue weighted by atomic mass is 10.1. The van der Waals surface area contributed by atoms with Gasteiger partial charge in [0.1, 0.15) is 6.10 Å². The first-order valence-electron chi connectivity index (χ1n) is 15.1. The molecule has 1 amide bonds. The van der Waals surface area contributed by atoms with E-state index in [-0.39, 0.29) is 17.9 Å². The number of anilines is 2. The van der Waals surface area contributed by atoms with Crippen LogP contribution in [0.4, 0.5) is 11.6 Å². The lowest BCUT2D eigenvalue weighted by Gasteiger charge is -2.36. The van der Waals surface area contributed by atoms with Gasteiger partial charge in [0.15, 0.2) is 5.65 Å². The van der Waals surface area contributed by atoms with E-state index in [1.54, 1.807) is 10.6 Å². The Morgan fingerprint density at radius 1 is 1.10 bits per heavy atom. The average Bonchev–Trinajstić information content (AvgIpc) is 3.42. The summed E-state index contributed by atoms with van der Waals surface area (Å²) in [6.45, 7) is 10.6. The molecule has 0 saturated carbocycles. The van der Waals surface area contributed by atoms with Crippen LogP contribution in [0.3, 0.4) is 0 Å². The van der Waals surface area contributed by atoms with Gasteiger partial charge in [0.05, 0.1) is 6.20 Å². The molecule has 0 atom stereocenters. The summed E-state index contributed by atoms with van der Waals surface area (Å²) in [5.41, 5.74) is 4.16. The highest BCUT2D eigenvalue weighted by atomic mass is 16.5. The van der Waals surface area contributed by atoms with E-state index in [0.29, 0.717) is 31.6 Å². The minimum absolute atomic E-state index is 0.0810. The Bertz CT molecular complexity index is 1370. The number of ether oxygens (including phenoxy) is 1.